The molecule has 2 atom stereocenters. The van der Waals surface area contributed by atoms with Crippen molar-refractivity contribution < 1.29 is 26.7 Å². The minimum atomic E-state index is -4.40. The summed E-state index contributed by atoms with van der Waals surface area (Å²) in [6.07, 6.45) is -2.66. The average molecular weight is 437 g/mol. The quantitative estimate of drug-likeness (QED) is 0.749. The van der Waals surface area contributed by atoms with E-state index in [4.69, 9.17) is 0 Å². The van der Waals surface area contributed by atoms with E-state index in [1.165, 1.54) is 24.5 Å². The second-order valence-electron chi connectivity index (χ2n) is 7.96. The van der Waals surface area contributed by atoms with Gasteiger partial charge in [0.15, 0.2) is 0 Å². The predicted molar refractivity (Wildman–Crippen MR) is 103 cm³/mol. The molecule has 2 saturated heterocycles. The normalized spacial score (nSPS) is 25.1. The second kappa shape index (κ2) is 8.37. The van der Waals surface area contributed by atoms with Crippen molar-refractivity contribution in [2.75, 3.05) is 50.9 Å². The van der Waals surface area contributed by atoms with Gasteiger partial charge in [-0.05, 0) is 25.0 Å². The zero-order valence-corrected chi connectivity index (χ0v) is 17.3. The van der Waals surface area contributed by atoms with Gasteiger partial charge in [-0.15, -0.1) is 0 Å². The van der Waals surface area contributed by atoms with Crippen LogP contribution in [0.5, 0.6) is 0 Å². The van der Waals surface area contributed by atoms with Gasteiger partial charge < -0.3 is 10.0 Å². The van der Waals surface area contributed by atoms with E-state index in [2.05, 4.69) is 9.88 Å². The highest BCUT2D eigenvalue weighted by molar-refractivity contribution is 7.89. The van der Waals surface area contributed by atoms with E-state index in [0.717, 1.165) is 25.1 Å². The Hall–Kier alpha value is -1.43. The molecule has 2 fully saturated rings. The number of halogens is 3. The second-order valence-corrected chi connectivity index (χ2v) is 10.2. The Bertz CT molecular complexity index is 794. The molecule has 2 aliphatic rings. The smallest absolute Gasteiger partial charge is 0.391 e. The molecule has 1 N–H and O–H groups in total. The van der Waals surface area contributed by atoms with Crippen molar-refractivity contribution in [2.24, 2.45) is 5.92 Å². The van der Waals surface area contributed by atoms with Crippen molar-refractivity contribution >= 4 is 15.8 Å². The Morgan fingerprint density at radius 3 is 2.38 bits per heavy atom. The number of aliphatic hydroxyl groups is 1. The molecule has 11 heteroatoms. The van der Waals surface area contributed by atoms with Gasteiger partial charge in [0.05, 0.1) is 17.4 Å². The van der Waals surface area contributed by atoms with Crippen LogP contribution in [-0.2, 0) is 16.2 Å². The number of pyridine rings is 1. The van der Waals surface area contributed by atoms with E-state index >= 15 is 0 Å². The predicted octanol–water partition coefficient (Wildman–Crippen LogP) is 1.25. The average Bonchev–Trinajstić information content (AvgIpc) is 3.01. The molecule has 3 heterocycles. The van der Waals surface area contributed by atoms with Crippen LogP contribution in [-0.4, -0.2) is 85.9 Å². The van der Waals surface area contributed by atoms with E-state index in [-0.39, 0.29) is 17.7 Å². The van der Waals surface area contributed by atoms with Gasteiger partial charge in [0.25, 0.3) is 0 Å². The summed E-state index contributed by atoms with van der Waals surface area (Å²) in [6, 6.07) is 2.65. The van der Waals surface area contributed by atoms with Gasteiger partial charge in [0, 0.05) is 58.4 Å². The highest BCUT2D eigenvalue weighted by Gasteiger charge is 2.39. The Morgan fingerprint density at radius 2 is 1.86 bits per heavy atom. The van der Waals surface area contributed by atoms with E-state index in [9.17, 15) is 26.7 Å². The molecule has 29 heavy (non-hydrogen) atoms. The van der Waals surface area contributed by atoms with Crippen LogP contribution < -0.4 is 4.90 Å². The van der Waals surface area contributed by atoms with Crippen LogP contribution in [0.1, 0.15) is 18.4 Å². The molecule has 0 unspecified atom stereocenters. The first-order valence-corrected chi connectivity index (χ1v) is 11.2. The monoisotopic (exact) mass is 436 g/mol. The van der Waals surface area contributed by atoms with Crippen LogP contribution in [0, 0.1) is 5.92 Å². The lowest BCUT2D eigenvalue weighted by Crippen LogP contribution is -2.44. The first-order chi connectivity index (χ1) is 13.5. The summed E-state index contributed by atoms with van der Waals surface area (Å²) in [5.41, 5.74) is -0.763. The Labute approximate surface area is 169 Å². The lowest BCUT2D eigenvalue weighted by molar-refractivity contribution is -0.137. The zero-order valence-electron chi connectivity index (χ0n) is 16.5. The third-order valence-corrected chi connectivity index (χ3v) is 7.76. The summed E-state index contributed by atoms with van der Waals surface area (Å²) in [7, 11) is -0.406. The molecule has 0 aromatic carbocycles. The van der Waals surface area contributed by atoms with Gasteiger partial charge in [-0.25, -0.2) is 17.7 Å². The molecule has 7 nitrogen and oxygen atoms in total. The first-order valence-electron chi connectivity index (χ1n) is 9.58. The van der Waals surface area contributed by atoms with Crippen molar-refractivity contribution in [3.05, 3.63) is 23.9 Å². The third-order valence-electron chi connectivity index (χ3n) is 5.80. The maximum Gasteiger partial charge on any atom is 0.417 e. The number of β-amino-alcohol motifs (C(OH)–C–C–N with tert-alkyl or cyclic N) is 1. The van der Waals surface area contributed by atoms with E-state index in [0.29, 0.717) is 32.0 Å². The molecule has 1 aromatic heterocycles. The molecular formula is C18H27F3N4O3S. The molecule has 0 spiro atoms. The van der Waals surface area contributed by atoms with Gasteiger partial charge in [-0.3, -0.25) is 4.90 Å². The van der Waals surface area contributed by atoms with Crippen molar-refractivity contribution in [2.45, 2.75) is 31.2 Å². The SMILES string of the molecule is CN(C)S(=O)(=O)C[C@@H]1CN(C2CCN(c3ccc(C(F)(F)F)cn3)CC2)C[C@H]1O. The lowest BCUT2D eigenvalue weighted by atomic mass is 10.0. The van der Waals surface area contributed by atoms with Gasteiger partial charge in [-0.1, -0.05) is 0 Å². The van der Waals surface area contributed by atoms with Crippen LogP contribution >= 0.6 is 0 Å². The van der Waals surface area contributed by atoms with Gasteiger partial charge in [0.2, 0.25) is 10.0 Å². The number of aromatic nitrogens is 1. The number of alkyl halides is 3. The Balaban J connectivity index is 1.54. The number of aliphatic hydroxyl groups excluding tert-OH is 1. The molecule has 164 valence electrons. The number of likely N-dealkylation sites (tertiary alicyclic amines) is 1. The molecule has 2 aliphatic heterocycles. The molecule has 0 radical (unpaired) electrons. The highest BCUT2D eigenvalue weighted by Crippen LogP contribution is 2.31. The minimum absolute atomic E-state index is 0.0774. The maximum atomic E-state index is 12.7. The van der Waals surface area contributed by atoms with Crippen LogP contribution in [0.25, 0.3) is 0 Å². The van der Waals surface area contributed by atoms with Gasteiger partial charge >= 0.3 is 6.18 Å². The lowest BCUT2D eigenvalue weighted by Gasteiger charge is -2.37. The van der Waals surface area contributed by atoms with Gasteiger partial charge in [-0.2, -0.15) is 13.2 Å². The minimum Gasteiger partial charge on any atom is -0.391 e. The summed E-state index contributed by atoms with van der Waals surface area (Å²) in [6.45, 7) is 2.26. The summed E-state index contributed by atoms with van der Waals surface area (Å²) < 4.78 is 63.4. The molecule has 0 amide bonds. The molecule has 3 rings (SSSR count). The number of hydrogen-bond acceptors (Lipinski definition) is 6. The van der Waals surface area contributed by atoms with Crippen LogP contribution in [0.15, 0.2) is 18.3 Å². The van der Waals surface area contributed by atoms with Crippen molar-refractivity contribution in [1.29, 1.82) is 0 Å². The molecule has 0 saturated carbocycles. The van der Waals surface area contributed by atoms with Crippen molar-refractivity contribution in [3.8, 4) is 0 Å². The molecular weight excluding hydrogens is 409 g/mol. The molecule has 1 aromatic rings. The number of anilines is 1. The maximum absolute atomic E-state index is 12.7. The standard InChI is InChI=1S/C18H27F3N4O3S/c1-23(2)29(27,28)12-13-10-25(11-16(13)26)15-5-7-24(8-6-15)17-4-3-14(9-22-17)18(19,20)21/h3-4,9,13,15-16,26H,5-8,10-12H2,1-2H3/t13-,16+/m0/s1. The third kappa shape index (κ3) is 5.19. The topological polar surface area (TPSA) is 77.0 Å². The van der Waals surface area contributed by atoms with E-state index in [1.807, 2.05) is 4.90 Å². The van der Waals surface area contributed by atoms with Crippen LogP contribution in [0.3, 0.4) is 0 Å². The van der Waals surface area contributed by atoms with Crippen molar-refractivity contribution in [1.82, 2.24) is 14.2 Å². The zero-order chi connectivity index (χ0) is 21.4. The fourth-order valence-electron chi connectivity index (χ4n) is 3.97. The molecule has 0 bridgehead atoms. The Morgan fingerprint density at radius 1 is 1.21 bits per heavy atom. The van der Waals surface area contributed by atoms with Crippen LogP contribution in [0.4, 0.5) is 19.0 Å². The summed E-state index contributed by atoms with van der Waals surface area (Å²) in [5.74, 6) is 0.122. The summed E-state index contributed by atoms with van der Waals surface area (Å²) >= 11 is 0. The van der Waals surface area contributed by atoms with Crippen molar-refractivity contribution in [3.63, 3.8) is 0 Å². The largest absolute Gasteiger partial charge is 0.417 e. The van der Waals surface area contributed by atoms with Gasteiger partial charge in [0.1, 0.15) is 5.82 Å². The highest BCUT2D eigenvalue weighted by atomic mass is 32.2. The molecule has 0 aliphatic carbocycles. The van der Waals surface area contributed by atoms with E-state index in [1.54, 1.807) is 0 Å². The number of piperidine rings is 1. The number of nitrogens with zero attached hydrogens (tertiary/aromatic N) is 4. The number of rotatable bonds is 5. The fourth-order valence-corrected chi connectivity index (χ4v) is 5.14. The number of hydrogen-bond donors (Lipinski definition) is 1. The van der Waals surface area contributed by atoms with Crippen LogP contribution in [0.2, 0.25) is 0 Å². The Kier molecular flexibility index (Phi) is 6.42. The fraction of sp³-hybridized carbons (Fsp3) is 0.722. The van der Waals surface area contributed by atoms with E-state index < -0.39 is 27.9 Å². The summed E-state index contributed by atoms with van der Waals surface area (Å²) in [5, 5.41) is 10.3. The first kappa shape index (κ1) is 22.3. The summed E-state index contributed by atoms with van der Waals surface area (Å²) in [4.78, 5) is 8.05. The number of sulfonamides is 1.